The number of fused-ring (bicyclic) bond motifs is 1. The monoisotopic (exact) mass is 481 g/mol. The molecule has 4 rings (SSSR count). The van der Waals surface area contributed by atoms with Crippen molar-refractivity contribution in [2.45, 2.75) is 25.9 Å². The minimum Gasteiger partial charge on any atom is -0.497 e. The third kappa shape index (κ3) is 4.70. The summed E-state index contributed by atoms with van der Waals surface area (Å²) in [5, 5.41) is 5.28. The Kier molecular flexibility index (Phi) is 7.02. The highest BCUT2D eigenvalue weighted by molar-refractivity contribution is 8.16. The number of esters is 1. The molecular formula is C25H24FN3O4S. The van der Waals surface area contributed by atoms with Gasteiger partial charge < -0.3 is 19.7 Å². The highest BCUT2D eigenvalue weighted by Gasteiger charge is 2.41. The average Bonchev–Trinajstić information content (AvgIpc) is 3.23. The summed E-state index contributed by atoms with van der Waals surface area (Å²) in [6.07, 6.45) is 0.0362. The van der Waals surface area contributed by atoms with Crippen LogP contribution in [0.25, 0.3) is 0 Å². The van der Waals surface area contributed by atoms with E-state index in [1.165, 1.54) is 24.9 Å². The van der Waals surface area contributed by atoms with E-state index in [1.807, 2.05) is 34.6 Å². The summed E-state index contributed by atoms with van der Waals surface area (Å²) in [7, 11) is 2.91. The van der Waals surface area contributed by atoms with Gasteiger partial charge in [-0.2, -0.15) is 0 Å². The minimum atomic E-state index is -0.546. The molecule has 2 heterocycles. The number of ether oxygens (including phenoxy) is 2. The van der Waals surface area contributed by atoms with E-state index in [2.05, 4.69) is 10.3 Å². The molecule has 0 fully saturated rings. The van der Waals surface area contributed by atoms with Crippen LogP contribution in [0, 0.1) is 5.82 Å². The van der Waals surface area contributed by atoms with Gasteiger partial charge in [0, 0.05) is 17.8 Å². The third-order valence-corrected chi connectivity index (χ3v) is 6.48. The number of nitrogens with zero attached hydrogens (tertiary/aromatic N) is 2. The van der Waals surface area contributed by atoms with E-state index in [9.17, 15) is 14.0 Å². The largest absolute Gasteiger partial charge is 0.497 e. The van der Waals surface area contributed by atoms with E-state index in [0.29, 0.717) is 33.4 Å². The summed E-state index contributed by atoms with van der Waals surface area (Å²) in [6, 6.07) is 13.2. The van der Waals surface area contributed by atoms with Gasteiger partial charge in [-0.05, 0) is 36.1 Å². The third-order valence-electron chi connectivity index (χ3n) is 5.59. The normalized spacial score (nSPS) is 17.1. The molecule has 0 aromatic heterocycles. The lowest BCUT2D eigenvalue weighted by atomic mass is 9.93. The number of thioether (sulfide) groups is 1. The summed E-state index contributed by atoms with van der Waals surface area (Å²) in [4.78, 5) is 32.0. The van der Waals surface area contributed by atoms with E-state index in [1.54, 1.807) is 32.2 Å². The van der Waals surface area contributed by atoms with Crippen molar-refractivity contribution >= 4 is 28.8 Å². The maximum Gasteiger partial charge on any atom is 0.338 e. The number of methoxy groups -OCH3 is 2. The van der Waals surface area contributed by atoms with Crippen LogP contribution in [0.4, 0.5) is 4.39 Å². The van der Waals surface area contributed by atoms with Gasteiger partial charge in [-0.1, -0.05) is 42.1 Å². The smallest absolute Gasteiger partial charge is 0.338 e. The SMILES string of the molecule is COC(=O)C1=C(C)N=C2SC=C(CC(=O)NCc3ccccc3F)N2[C@H]1c1cccc(OC)c1. The molecule has 1 atom stereocenters. The number of aliphatic imine (C=N–C) groups is 1. The fourth-order valence-electron chi connectivity index (χ4n) is 3.93. The molecule has 9 heteroatoms. The first-order chi connectivity index (χ1) is 16.4. The molecule has 0 saturated carbocycles. The molecule has 0 spiro atoms. The van der Waals surface area contributed by atoms with Crippen molar-refractivity contribution in [2.75, 3.05) is 14.2 Å². The Morgan fingerprint density at radius 1 is 1.18 bits per heavy atom. The molecule has 2 aliphatic rings. The maximum absolute atomic E-state index is 13.9. The first-order valence-corrected chi connectivity index (χ1v) is 11.5. The number of amidine groups is 1. The standard InChI is InChI=1S/C25H24FN3O4S/c1-15-22(24(31)33-3)23(16-8-6-9-19(11-16)32-2)29-18(14-34-25(29)28-15)12-21(30)27-13-17-7-4-5-10-20(17)26/h4-11,14,23H,12-13H2,1-3H3,(H,27,30)/t23-/m0/s1. The Hall–Kier alpha value is -3.59. The number of nitrogens with one attached hydrogen (secondary N) is 1. The molecule has 1 N–H and O–H groups in total. The van der Waals surface area contributed by atoms with E-state index in [4.69, 9.17) is 9.47 Å². The van der Waals surface area contributed by atoms with Crippen molar-refractivity contribution < 1.29 is 23.5 Å². The van der Waals surface area contributed by atoms with Gasteiger partial charge in [0.15, 0.2) is 5.17 Å². The number of rotatable bonds is 7. The summed E-state index contributed by atoms with van der Waals surface area (Å²) >= 11 is 1.38. The van der Waals surface area contributed by atoms with Gasteiger partial charge in [-0.25, -0.2) is 14.2 Å². The van der Waals surface area contributed by atoms with Crippen LogP contribution in [0.5, 0.6) is 5.75 Å². The molecule has 2 aliphatic heterocycles. The average molecular weight is 482 g/mol. The Bertz CT molecular complexity index is 1220. The lowest BCUT2D eigenvalue weighted by Gasteiger charge is -2.36. The molecule has 0 unspecified atom stereocenters. The van der Waals surface area contributed by atoms with E-state index in [0.717, 1.165) is 5.56 Å². The van der Waals surface area contributed by atoms with Gasteiger partial charge in [-0.3, -0.25) is 4.79 Å². The number of halogens is 1. The second kappa shape index (κ2) is 10.1. The van der Waals surface area contributed by atoms with Crippen LogP contribution >= 0.6 is 11.8 Å². The van der Waals surface area contributed by atoms with Crippen molar-refractivity contribution in [3.63, 3.8) is 0 Å². The van der Waals surface area contributed by atoms with E-state index in [-0.39, 0.29) is 24.7 Å². The lowest BCUT2D eigenvalue weighted by Crippen LogP contribution is -2.37. The zero-order valence-corrected chi connectivity index (χ0v) is 19.8. The van der Waals surface area contributed by atoms with Crippen LogP contribution in [0.3, 0.4) is 0 Å². The second-order valence-corrected chi connectivity index (χ2v) is 8.54. The van der Waals surface area contributed by atoms with Crippen LogP contribution in [0.2, 0.25) is 0 Å². The zero-order chi connectivity index (χ0) is 24.2. The van der Waals surface area contributed by atoms with Crippen LogP contribution in [0.15, 0.2) is 75.9 Å². The van der Waals surface area contributed by atoms with Gasteiger partial charge in [0.1, 0.15) is 11.6 Å². The van der Waals surface area contributed by atoms with Gasteiger partial charge >= 0.3 is 5.97 Å². The predicted octanol–water partition coefficient (Wildman–Crippen LogP) is 4.29. The van der Waals surface area contributed by atoms with Crippen molar-refractivity contribution in [3.8, 4) is 5.75 Å². The number of carbonyl (C=O) groups excluding carboxylic acids is 2. The molecule has 1 amide bonds. The second-order valence-electron chi connectivity index (χ2n) is 7.71. The summed E-state index contributed by atoms with van der Waals surface area (Å²) in [5.41, 5.74) is 2.83. The number of benzene rings is 2. The van der Waals surface area contributed by atoms with Gasteiger partial charge in [0.25, 0.3) is 0 Å². The van der Waals surface area contributed by atoms with Crippen LogP contribution in [-0.2, 0) is 20.9 Å². The highest BCUT2D eigenvalue weighted by Crippen LogP contribution is 2.45. The highest BCUT2D eigenvalue weighted by atomic mass is 32.2. The topological polar surface area (TPSA) is 80.2 Å². The van der Waals surface area contributed by atoms with Crippen LogP contribution in [0.1, 0.15) is 30.5 Å². The lowest BCUT2D eigenvalue weighted by molar-refractivity contribution is -0.136. The van der Waals surface area contributed by atoms with Crippen molar-refractivity contribution in [1.82, 2.24) is 10.2 Å². The van der Waals surface area contributed by atoms with Gasteiger partial charge in [0.05, 0.1) is 38.0 Å². The first-order valence-electron chi connectivity index (χ1n) is 10.6. The number of carbonyl (C=O) groups is 2. The van der Waals surface area contributed by atoms with Crippen molar-refractivity contribution in [3.05, 3.63) is 87.9 Å². The molecule has 0 radical (unpaired) electrons. The Morgan fingerprint density at radius 3 is 2.71 bits per heavy atom. The Morgan fingerprint density at radius 2 is 1.97 bits per heavy atom. The zero-order valence-electron chi connectivity index (χ0n) is 19.0. The van der Waals surface area contributed by atoms with Crippen LogP contribution < -0.4 is 10.1 Å². The van der Waals surface area contributed by atoms with Crippen LogP contribution in [-0.4, -0.2) is 36.2 Å². The number of allylic oxidation sites excluding steroid dienone is 1. The molecule has 2 aromatic rings. The Labute approximate surface area is 201 Å². The molecule has 2 aromatic carbocycles. The number of hydrogen-bond acceptors (Lipinski definition) is 7. The van der Waals surface area contributed by atoms with Gasteiger partial charge in [0.2, 0.25) is 5.91 Å². The molecule has 0 aliphatic carbocycles. The molecule has 0 saturated heterocycles. The minimum absolute atomic E-state index is 0.0362. The molecule has 0 bridgehead atoms. The molecule has 176 valence electrons. The maximum atomic E-state index is 13.9. The fraction of sp³-hybridized carbons (Fsp3) is 0.240. The number of hydrogen-bond donors (Lipinski definition) is 1. The molecule has 7 nitrogen and oxygen atoms in total. The van der Waals surface area contributed by atoms with Crippen molar-refractivity contribution in [1.29, 1.82) is 0 Å². The summed E-state index contributed by atoms with van der Waals surface area (Å²) < 4.78 is 24.4. The fourth-order valence-corrected chi connectivity index (χ4v) is 4.89. The quantitative estimate of drug-likeness (QED) is 0.595. The van der Waals surface area contributed by atoms with Crippen molar-refractivity contribution in [2.24, 2.45) is 4.99 Å². The van der Waals surface area contributed by atoms with Gasteiger partial charge in [-0.15, -0.1) is 0 Å². The predicted molar refractivity (Wildman–Crippen MR) is 128 cm³/mol. The molecular weight excluding hydrogens is 457 g/mol. The number of amides is 1. The summed E-state index contributed by atoms with van der Waals surface area (Å²) in [5.74, 6) is -0.492. The summed E-state index contributed by atoms with van der Waals surface area (Å²) in [6.45, 7) is 1.85. The first kappa shape index (κ1) is 23.6. The Balaban J connectivity index is 1.61. The molecule has 34 heavy (non-hydrogen) atoms. The van der Waals surface area contributed by atoms with E-state index >= 15 is 0 Å². The van der Waals surface area contributed by atoms with E-state index < -0.39 is 12.0 Å².